The van der Waals surface area contributed by atoms with E-state index in [9.17, 15) is 10.1 Å². The molecule has 1 aromatic carbocycles. The van der Waals surface area contributed by atoms with E-state index in [1.54, 1.807) is 35.9 Å². The molecule has 2 aromatic rings. The Morgan fingerprint density at radius 3 is 2.95 bits per heavy atom. The number of nitro groups is 1. The van der Waals surface area contributed by atoms with Gasteiger partial charge in [-0.05, 0) is 18.9 Å². The van der Waals surface area contributed by atoms with Gasteiger partial charge in [0.2, 0.25) is 0 Å². The number of nitro benzene ring substituents is 1. The fourth-order valence-corrected chi connectivity index (χ4v) is 3.06. The first kappa shape index (κ1) is 13.7. The molecule has 1 saturated heterocycles. The summed E-state index contributed by atoms with van der Waals surface area (Å²) in [4.78, 5) is 22.2. The fraction of sp³-hybridized carbons (Fsp3) is 0.286. The predicted octanol–water partition coefficient (Wildman–Crippen LogP) is 3.40. The molecule has 1 aliphatic rings. The number of hydrogen-bond donors (Lipinski definition) is 0. The van der Waals surface area contributed by atoms with Gasteiger partial charge < -0.3 is 4.90 Å². The van der Waals surface area contributed by atoms with E-state index in [0.29, 0.717) is 5.69 Å². The molecule has 0 amide bonds. The van der Waals surface area contributed by atoms with Crippen molar-refractivity contribution in [2.75, 3.05) is 18.0 Å². The van der Waals surface area contributed by atoms with Crippen LogP contribution in [0.2, 0.25) is 0 Å². The van der Waals surface area contributed by atoms with Crippen molar-refractivity contribution in [3.05, 3.63) is 45.5 Å². The second-order valence-corrected chi connectivity index (χ2v) is 5.82. The Labute approximate surface area is 125 Å². The van der Waals surface area contributed by atoms with Crippen molar-refractivity contribution in [3.8, 4) is 0 Å². The van der Waals surface area contributed by atoms with Crippen LogP contribution in [0.3, 0.4) is 0 Å². The van der Waals surface area contributed by atoms with Crippen LogP contribution in [0.4, 0.5) is 16.5 Å². The molecule has 3 rings (SSSR count). The highest BCUT2D eigenvalue weighted by molar-refractivity contribution is 7.17. The molecule has 0 radical (unpaired) electrons. The Hall–Kier alpha value is -2.28. The fourth-order valence-electron chi connectivity index (χ4n) is 2.22. The lowest BCUT2D eigenvalue weighted by Crippen LogP contribution is -2.16. The summed E-state index contributed by atoms with van der Waals surface area (Å²) in [6.45, 7) is 2.13. The predicted molar refractivity (Wildman–Crippen MR) is 83.9 cm³/mol. The summed E-state index contributed by atoms with van der Waals surface area (Å²) in [6, 6.07) is 6.29. The third-order valence-corrected chi connectivity index (χ3v) is 4.26. The smallest absolute Gasteiger partial charge is 0.271 e. The van der Waals surface area contributed by atoms with Crippen LogP contribution in [-0.2, 0) is 0 Å². The maximum absolute atomic E-state index is 10.7. The zero-order valence-corrected chi connectivity index (χ0v) is 12.1. The van der Waals surface area contributed by atoms with Crippen molar-refractivity contribution in [1.29, 1.82) is 0 Å². The van der Waals surface area contributed by atoms with Gasteiger partial charge in [-0.15, -0.1) is 0 Å². The SMILES string of the molecule is O=[N+]([O-])c1cccc(N=Cc2cnc(N3CCCC3)s2)c1. The maximum atomic E-state index is 10.7. The monoisotopic (exact) mass is 302 g/mol. The highest BCUT2D eigenvalue weighted by Crippen LogP contribution is 2.25. The number of anilines is 1. The van der Waals surface area contributed by atoms with Gasteiger partial charge in [-0.2, -0.15) is 0 Å². The third-order valence-electron chi connectivity index (χ3n) is 3.27. The van der Waals surface area contributed by atoms with Gasteiger partial charge in [0.1, 0.15) is 0 Å². The van der Waals surface area contributed by atoms with Gasteiger partial charge in [0.25, 0.3) is 5.69 Å². The van der Waals surface area contributed by atoms with Gasteiger partial charge in [0, 0.05) is 37.6 Å². The molecule has 0 N–H and O–H groups in total. The number of hydrogen-bond acceptors (Lipinski definition) is 6. The normalized spacial score (nSPS) is 15.0. The Morgan fingerprint density at radius 2 is 2.19 bits per heavy atom. The van der Waals surface area contributed by atoms with Crippen molar-refractivity contribution >= 4 is 34.1 Å². The number of aliphatic imine (C=N–C) groups is 1. The van der Waals surface area contributed by atoms with Gasteiger partial charge in [-0.25, -0.2) is 4.98 Å². The quantitative estimate of drug-likeness (QED) is 0.493. The summed E-state index contributed by atoms with van der Waals surface area (Å²) in [6.07, 6.45) is 5.93. The van der Waals surface area contributed by atoms with Crippen LogP contribution in [0.25, 0.3) is 0 Å². The first-order valence-electron chi connectivity index (χ1n) is 6.72. The Balaban J connectivity index is 1.73. The lowest BCUT2D eigenvalue weighted by Gasteiger charge is -2.11. The molecular weight excluding hydrogens is 288 g/mol. The van der Waals surface area contributed by atoms with E-state index >= 15 is 0 Å². The minimum Gasteiger partial charge on any atom is -0.348 e. The first-order valence-corrected chi connectivity index (χ1v) is 7.53. The zero-order valence-electron chi connectivity index (χ0n) is 11.3. The summed E-state index contributed by atoms with van der Waals surface area (Å²) in [5.74, 6) is 0. The standard InChI is InChI=1S/C14H14N4O2S/c19-18(20)12-5-3-4-11(8-12)15-9-13-10-16-14(21-13)17-6-1-2-7-17/h3-5,8-10H,1-2,6-7H2. The van der Waals surface area contributed by atoms with Crippen LogP contribution in [0.1, 0.15) is 17.7 Å². The molecule has 6 nitrogen and oxygen atoms in total. The van der Waals surface area contributed by atoms with Crippen molar-refractivity contribution in [3.63, 3.8) is 0 Å². The highest BCUT2D eigenvalue weighted by atomic mass is 32.1. The average molecular weight is 302 g/mol. The molecule has 0 bridgehead atoms. The van der Waals surface area contributed by atoms with Crippen LogP contribution in [0, 0.1) is 10.1 Å². The van der Waals surface area contributed by atoms with Gasteiger partial charge in [-0.1, -0.05) is 17.4 Å². The third kappa shape index (κ3) is 3.25. The van der Waals surface area contributed by atoms with Crippen LogP contribution in [0.15, 0.2) is 35.5 Å². The van der Waals surface area contributed by atoms with E-state index in [2.05, 4.69) is 14.9 Å². The van der Waals surface area contributed by atoms with E-state index in [4.69, 9.17) is 0 Å². The summed E-state index contributed by atoms with van der Waals surface area (Å²) in [5.41, 5.74) is 0.618. The van der Waals surface area contributed by atoms with E-state index in [1.165, 1.54) is 25.0 Å². The van der Waals surface area contributed by atoms with E-state index in [-0.39, 0.29) is 5.69 Å². The van der Waals surface area contributed by atoms with Crippen LogP contribution >= 0.6 is 11.3 Å². The minimum atomic E-state index is -0.419. The second kappa shape index (κ2) is 6.01. The number of thiazole rings is 1. The maximum Gasteiger partial charge on any atom is 0.271 e. The molecule has 108 valence electrons. The molecule has 2 heterocycles. The molecule has 1 aliphatic heterocycles. The Morgan fingerprint density at radius 1 is 1.38 bits per heavy atom. The van der Waals surface area contributed by atoms with Crippen LogP contribution in [-0.4, -0.2) is 29.2 Å². The van der Waals surface area contributed by atoms with Crippen molar-refractivity contribution < 1.29 is 4.92 Å². The summed E-state index contributed by atoms with van der Waals surface area (Å²) in [5, 5.41) is 11.7. The van der Waals surface area contributed by atoms with E-state index < -0.39 is 4.92 Å². The first-order chi connectivity index (χ1) is 10.2. The number of aromatic nitrogens is 1. The molecule has 0 unspecified atom stereocenters. The van der Waals surface area contributed by atoms with Crippen LogP contribution in [0.5, 0.6) is 0 Å². The largest absolute Gasteiger partial charge is 0.348 e. The van der Waals surface area contributed by atoms with Gasteiger partial charge >= 0.3 is 0 Å². The molecule has 1 aromatic heterocycles. The van der Waals surface area contributed by atoms with Crippen molar-refractivity contribution in [2.24, 2.45) is 4.99 Å². The summed E-state index contributed by atoms with van der Waals surface area (Å²) < 4.78 is 0. The van der Waals surface area contributed by atoms with E-state index in [1.807, 2.05) is 0 Å². The minimum absolute atomic E-state index is 0.0479. The number of nitrogens with zero attached hydrogens (tertiary/aromatic N) is 4. The number of rotatable bonds is 4. The van der Waals surface area contributed by atoms with Crippen molar-refractivity contribution in [2.45, 2.75) is 12.8 Å². The topological polar surface area (TPSA) is 71.6 Å². The van der Waals surface area contributed by atoms with E-state index in [0.717, 1.165) is 23.1 Å². The summed E-state index contributed by atoms with van der Waals surface area (Å²) in [7, 11) is 0. The van der Waals surface area contributed by atoms with Gasteiger partial charge in [-0.3, -0.25) is 15.1 Å². The number of benzene rings is 1. The lowest BCUT2D eigenvalue weighted by atomic mass is 10.3. The van der Waals surface area contributed by atoms with Gasteiger partial charge in [0.05, 0.1) is 15.5 Å². The molecule has 7 heteroatoms. The zero-order chi connectivity index (χ0) is 14.7. The molecule has 21 heavy (non-hydrogen) atoms. The Kier molecular flexibility index (Phi) is 3.92. The molecule has 1 fully saturated rings. The Bertz CT molecular complexity index is 677. The lowest BCUT2D eigenvalue weighted by molar-refractivity contribution is -0.384. The molecule has 0 atom stereocenters. The van der Waals surface area contributed by atoms with Crippen LogP contribution < -0.4 is 4.90 Å². The molecule has 0 aliphatic carbocycles. The molecular formula is C14H14N4O2S. The molecule has 0 saturated carbocycles. The summed E-state index contributed by atoms with van der Waals surface area (Å²) >= 11 is 1.59. The second-order valence-electron chi connectivity index (χ2n) is 4.77. The average Bonchev–Trinajstić information content (AvgIpc) is 3.16. The van der Waals surface area contributed by atoms with Gasteiger partial charge in [0.15, 0.2) is 5.13 Å². The van der Waals surface area contributed by atoms with Crippen molar-refractivity contribution in [1.82, 2.24) is 4.98 Å². The highest BCUT2D eigenvalue weighted by Gasteiger charge is 2.15. The number of non-ortho nitro benzene ring substituents is 1. The molecule has 0 spiro atoms.